The van der Waals surface area contributed by atoms with E-state index in [1.807, 2.05) is 0 Å². The second-order valence-electron chi connectivity index (χ2n) is 9.24. The van der Waals surface area contributed by atoms with Crippen LogP contribution in [-0.4, -0.2) is 52.7 Å². The summed E-state index contributed by atoms with van der Waals surface area (Å²) in [4.78, 5) is 25.5. The lowest BCUT2D eigenvalue weighted by atomic mass is 9.86. The van der Waals surface area contributed by atoms with Gasteiger partial charge in [0, 0.05) is 11.6 Å². The molecular weight excluding hydrogens is 440 g/mol. The molecule has 2 aromatic carbocycles. The number of ether oxygens (including phenoxy) is 3. The topological polar surface area (TPSA) is 119 Å². The summed E-state index contributed by atoms with van der Waals surface area (Å²) in [7, 11) is 2.86. The van der Waals surface area contributed by atoms with Crippen LogP contribution in [0.25, 0.3) is 10.9 Å². The van der Waals surface area contributed by atoms with E-state index < -0.39 is 29.7 Å². The van der Waals surface area contributed by atoms with Crippen molar-refractivity contribution in [1.29, 1.82) is 0 Å². The average molecular weight is 469 g/mol. The van der Waals surface area contributed by atoms with E-state index in [0.29, 0.717) is 33.3 Å². The van der Waals surface area contributed by atoms with Crippen molar-refractivity contribution in [1.82, 2.24) is 9.88 Å². The Morgan fingerprint density at radius 1 is 1.06 bits per heavy atom. The molecule has 9 heteroatoms. The van der Waals surface area contributed by atoms with Crippen molar-refractivity contribution >= 4 is 23.0 Å². The van der Waals surface area contributed by atoms with Crippen LogP contribution in [0.2, 0.25) is 0 Å². The van der Waals surface area contributed by atoms with Gasteiger partial charge in [-0.05, 0) is 74.2 Å². The van der Waals surface area contributed by atoms with Crippen LogP contribution in [-0.2, 0) is 20.7 Å². The van der Waals surface area contributed by atoms with E-state index in [-0.39, 0.29) is 17.9 Å². The third-order valence-corrected chi connectivity index (χ3v) is 5.77. The molecule has 1 aliphatic heterocycles. The number of aromatic hydroxyl groups is 2. The van der Waals surface area contributed by atoms with Crippen LogP contribution in [0.15, 0.2) is 36.5 Å². The van der Waals surface area contributed by atoms with E-state index in [2.05, 4.69) is 5.32 Å². The fourth-order valence-electron chi connectivity index (χ4n) is 4.26. The standard InChI is InChI=1S/C25H28N2O7/c1-25(2,3)34-24(31)27-12-17(16-10-14(32-4)6-7-19(16)27)22-15-11-21(29)20(28)9-13(15)8-18(26-22)23(30)33-5/h6-7,9-12,18,22,26,28-29H,8H2,1-5H3/t18-,22+/m0/s1. The number of hydrogen-bond acceptors (Lipinski definition) is 8. The highest BCUT2D eigenvalue weighted by Crippen LogP contribution is 2.41. The quantitative estimate of drug-likeness (QED) is 0.394. The fraction of sp³-hybridized carbons (Fsp3) is 0.360. The number of hydrogen-bond donors (Lipinski definition) is 3. The number of methoxy groups -OCH3 is 2. The van der Waals surface area contributed by atoms with E-state index in [0.717, 1.165) is 0 Å². The molecule has 1 aliphatic rings. The summed E-state index contributed by atoms with van der Waals surface area (Å²) in [6.07, 6.45) is 1.37. The lowest BCUT2D eigenvalue weighted by molar-refractivity contribution is -0.143. The van der Waals surface area contributed by atoms with Crippen LogP contribution >= 0.6 is 0 Å². The Bertz CT molecular complexity index is 1270. The van der Waals surface area contributed by atoms with Crippen molar-refractivity contribution < 1.29 is 34.0 Å². The molecule has 2 heterocycles. The first-order valence-electron chi connectivity index (χ1n) is 10.8. The first kappa shape index (κ1) is 23.4. The molecule has 0 radical (unpaired) electrons. The smallest absolute Gasteiger partial charge is 0.419 e. The number of nitrogens with one attached hydrogen (secondary N) is 1. The molecule has 2 atom stereocenters. The van der Waals surface area contributed by atoms with Gasteiger partial charge in [0.15, 0.2) is 11.5 Å². The van der Waals surface area contributed by atoms with E-state index in [1.165, 1.54) is 23.8 Å². The Morgan fingerprint density at radius 2 is 1.76 bits per heavy atom. The van der Waals surface area contributed by atoms with Crippen molar-refractivity contribution in [2.45, 2.75) is 44.9 Å². The zero-order chi connectivity index (χ0) is 24.8. The predicted octanol–water partition coefficient (Wildman–Crippen LogP) is 3.62. The summed E-state index contributed by atoms with van der Waals surface area (Å²) in [5.41, 5.74) is 1.91. The molecule has 0 fully saturated rings. The van der Waals surface area contributed by atoms with Gasteiger partial charge in [-0.25, -0.2) is 4.79 Å². The van der Waals surface area contributed by atoms with Gasteiger partial charge in [-0.3, -0.25) is 14.7 Å². The Morgan fingerprint density at radius 3 is 2.41 bits per heavy atom. The summed E-state index contributed by atoms with van der Waals surface area (Å²) in [6, 6.07) is 6.92. The van der Waals surface area contributed by atoms with Gasteiger partial charge in [-0.1, -0.05) is 0 Å². The van der Waals surface area contributed by atoms with Gasteiger partial charge in [0.05, 0.1) is 25.8 Å². The van der Waals surface area contributed by atoms with Crippen LogP contribution in [0.5, 0.6) is 17.2 Å². The number of carbonyl (C=O) groups excluding carboxylic acids is 2. The molecule has 180 valence electrons. The molecule has 0 saturated heterocycles. The second kappa shape index (κ2) is 8.57. The van der Waals surface area contributed by atoms with E-state index in [1.54, 1.807) is 52.3 Å². The van der Waals surface area contributed by atoms with Gasteiger partial charge in [-0.2, -0.15) is 0 Å². The third kappa shape index (κ3) is 4.26. The number of nitrogens with zero attached hydrogens (tertiary/aromatic N) is 1. The number of aromatic nitrogens is 1. The molecule has 0 unspecified atom stereocenters. The van der Waals surface area contributed by atoms with E-state index in [9.17, 15) is 19.8 Å². The van der Waals surface area contributed by atoms with Crippen LogP contribution in [0.3, 0.4) is 0 Å². The SMILES string of the molecule is COC(=O)[C@@H]1Cc2cc(O)c(O)cc2[C@H](c2cn(C(=O)OC(C)(C)C)c3ccc(OC)cc23)N1. The summed E-state index contributed by atoms with van der Waals surface area (Å²) in [6.45, 7) is 5.36. The minimum atomic E-state index is -0.699. The lowest BCUT2D eigenvalue weighted by Gasteiger charge is -2.32. The van der Waals surface area contributed by atoms with Gasteiger partial charge in [0.2, 0.25) is 0 Å². The molecule has 3 N–H and O–H groups in total. The largest absolute Gasteiger partial charge is 0.504 e. The molecule has 0 spiro atoms. The Hall–Kier alpha value is -3.72. The molecule has 4 rings (SSSR count). The summed E-state index contributed by atoms with van der Waals surface area (Å²) < 4.78 is 17.4. The minimum absolute atomic E-state index is 0.264. The first-order chi connectivity index (χ1) is 16.0. The molecule has 0 bridgehead atoms. The highest BCUT2D eigenvalue weighted by Gasteiger charge is 2.35. The highest BCUT2D eigenvalue weighted by atomic mass is 16.6. The lowest BCUT2D eigenvalue weighted by Crippen LogP contribution is -2.45. The van der Waals surface area contributed by atoms with Gasteiger partial charge in [0.1, 0.15) is 17.4 Å². The maximum atomic E-state index is 13.0. The monoisotopic (exact) mass is 468 g/mol. The Kier molecular flexibility index (Phi) is 5.91. The number of esters is 1. The fourth-order valence-corrected chi connectivity index (χ4v) is 4.26. The number of carbonyl (C=O) groups is 2. The van der Waals surface area contributed by atoms with E-state index in [4.69, 9.17) is 14.2 Å². The number of phenols is 2. The van der Waals surface area contributed by atoms with Crippen LogP contribution in [0.1, 0.15) is 43.5 Å². The van der Waals surface area contributed by atoms with E-state index >= 15 is 0 Å². The number of fused-ring (bicyclic) bond motifs is 2. The van der Waals surface area contributed by atoms with Crippen molar-refractivity contribution in [3.05, 3.63) is 53.2 Å². The molecule has 0 amide bonds. The number of rotatable bonds is 3. The molecule has 9 nitrogen and oxygen atoms in total. The normalized spacial score (nSPS) is 17.8. The molecule has 0 aliphatic carbocycles. The Balaban J connectivity index is 1.93. The summed E-state index contributed by atoms with van der Waals surface area (Å²) in [5, 5.41) is 24.3. The third-order valence-electron chi connectivity index (χ3n) is 5.77. The molecule has 0 saturated carbocycles. The number of phenolic OH excluding ortho intramolecular Hbond substituents is 2. The maximum Gasteiger partial charge on any atom is 0.419 e. The van der Waals surface area contributed by atoms with Gasteiger partial charge in [-0.15, -0.1) is 0 Å². The van der Waals surface area contributed by atoms with Crippen LogP contribution in [0, 0.1) is 0 Å². The average Bonchev–Trinajstić information content (AvgIpc) is 3.16. The zero-order valence-corrected chi connectivity index (χ0v) is 19.7. The minimum Gasteiger partial charge on any atom is -0.504 e. The molecule has 34 heavy (non-hydrogen) atoms. The zero-order valence-electron chi connectivity index (χ0n) is 19.7. The Labute approximate surface area is 196 Å². The molecule has 1 aromatic heterocycles. The van der Waals surface area contributed by atoms with Crippen molar-refractivity contribution in [3.63, 3.8) is 0 Å². The van der Waals surface area contributed by atoms with Gasteiger partial charge < -0.3 is 24.4 Å². The van der Waals surface area contributed by atoms with Crippen molar-refractivity contribution in [2.24, 2.45) is 0 Å². The highest BCUT2D eigenvalue weighted by molar-refractivity contribution is 5.94. The van der Waals surface area contributed by atoms with Gasteiger partial charge in [0.25, 0.3) is 0 Å². The summed E-state index contributed by atoms with van der Waals surface area (Å²) in [5.74, 6) is -0.433. The van der Waals surface area contributed by atoms with Crippen LogP contribution in [0.4, 0.5) is 4.79 Å². The summed E-state index contributed by atoms with van der Waals surface area (Å²) >= 11 is 0. The van der Waals surface area contributed by atoms with Crippen molar-refractivity contribution in [3.8, 4) is 17.2 Å². The number of benzene rings is 2. The van der Waals surface area contributed by atoms with Gasteiger partial charge >= 0.3 is 12.1 Å². The first-order valence-corrected chi connectivity index (χ1v) is 10.8. The second-order valence-corrected chi connectivity index (χ2v) is 9.24. The molecular formula is C25H28N2O7. The molecule has 3 aromatic rings. The van der Waals surface area contributed by atoms with Crippen LogP contribution < -0.4 is 10.1 Å². The van der Waals surface area contributed by atoms with Crippen molar-refractivity contribution in [2.75, 3.05) is 14.2 Å². The predicted molar refractivity (Wildman–Crippen MR) is 124 cm³/mol. The maximum absolute atomic E-state index is 13.0.